The fourth-order valence-electron chi connectivity index (χ4n) is 4.48. The topological polar surface area (TPSA) is 69.7 Å². The van der Waals surface area contributed by atoms with Gasteiger partial charge in [-0.1, -0.05) is 30.3 Å². The van der Waals surface area contributed by atoms with Crippen LogP contribution in [0.4, 0.5) is 0 Å². The molecule has 4 rings (SSSR count). The first-order valence-corrected chi connectivity index (χ1v) is 11.9. The van der Waals surface area contributed by atoms with E-state index in [9.17, 15) is 13.2 Å². The largest absolute Gasteiger partial charge is 0.338 e. The zero-order valence-corrected chi connectivity index (χ0v) is 17.9. The highest BCUT2D eigenvalue weighted by Gasteiger charge is 2.39. The van der Waals surface area contributed by atoms with Crippen molar-refractivity contribution in [2.75, 3.05) is 19.6 Å². The lowest BCUT2D eigenvalue weighted by molar-refractivity contribution is -0.131. The lowest BCUT2D eigenvalue weighted by Gasteiger charge is -2.38. The Balaban J connectivity index is 1.43. The molecule has 2 fully saturated rings. The molecule has 1 N–H and O–H groups in total. The molecule has 0 unspecified atom stereocenters. The van der Waals surface area contributed by atoms with E-state index >= 15 is 0 Å². The van der Waals surface area contributed by atoms with Crippen molar-refractivity contribution in [3.05, 3.63) is 42.5 Å². The van der Waals surface area contributed by atoms with E-state index in [1.807, 2.05) is 29.2 Å². The Morgan fingerprint density at radius 3 is 2.34 bits per heavy atom. The molecule has 2 aliphatic heterocycles. The van der Waals surface area contributed by atoms with Crippen LogP contribution in [0.3, 0.4) is 0 Å². The van der Waals surface area contributed by atoms with Crippen molar-refractivity contribution >= 4 is 26.7 Å². The first-order chi connectivity index (χ1) is 13.8. The molecule has 0 aliphatic carbocycles. The highest BCUT2D eigenvalue weighted by molar-refractivity contribution is 7.89. The number of rotatable bonds is 5. The number of carbonyl (C=O) groups excluding carboxylic acids is 1. The van der Waals surface area contributed by atoms with Gasteiger partial charge in [-0.2, -0.15) is 4.72 Å². The zero-order valence-electron chi connectivity index (χ0n) is 17.0. The molecular formula is C22H29N3O3S. The van der Waals surface area contributed by atoms with E-state index < -0.39 is 16.1 Å². The number of carbonyl (C=O) groups is 1. The summed E-state index contributed by atoms with van der Waals surface area (Å²) in [5.74, 6) is -0.0858. The maximum absolute atomic E-state index is 12.9. The average Bonchev–Trinajstić information content (AvgIpc) is 3.07. The van der Waals surface area contributed by atoms with Crippen molar-refractivity contribution in [3.63, 3.8) is 0 Å². The third-order valence-corrected chi connectivity index (χ3v) is 7.71. The first-order valence-electron chi connectivity index (χ1n) is 10.4. The quantitative estimate of drug-likeness (QED) is 0.815. The van der Waals surface area contributed by atoms with Gasteiger partial charge < -0.3 is 9.80 Å². The van der Waals surface area contributed by atoms with Crippen LogP contribution in [0.5, 0.6) is 0 Å². The second kappa shape index (κ2) is 8.05. The Kier molecular flexibility index (Phi) is 5.64. The van der Waals surface area contributed by atoms with E-state index in [0.29, 0.717) is 19.0 Å². The molecule has 2 aromatic rings. The van der Waals surface area contributed by atoms with Crippen LogP contribution in [0.1, 0.15) is 33.1 Å². The third-order valence-electron chi connectivity index (χ3n) is 6.24. The highest BCUT2D eigenvalue weighted by Crippen LogP contribution is 2.25. The van der Waals surface area contributed by atoms with Crippen LogP contribution in [0, 0.1) is 0 Å². The van der Waals surface area contributed by atoms with Crippen LogP contribution in [-0.2, 0) is 14.8 Å². The van der Waals surface area contributed by atoms with Crippen LogP contribution in [0.25, 0.3) is 10.8 Å². The molecule has 0 radical (unpaired) electrons. The number of sulfonamides is 1. The van der Waals surface area contributed by atoms with Gasteiger partial charge in [0.05, 0.1) is 4.90 Å². The highest BCUT2D eigenvalue weighted by atomic mass is 32.2. The van der Waals surface area contributed by atoms with E-state index in [0.717, 1.165) is 36.7 Å². The third kappa shape index (κ3) is 4.17. The van der Waals surface area contributed by atoms with Gasteiger partial charge in [-0.3, -0.25) is 4.79 Å². The molecule has 1 atom stereocenters. The van der Waals surface area contributed by atoms with Gasteiger partial charge in [-0.25, -0.2) is 8.42 Å². The van der Waals surface area contributed by atoms with Crippen molar-refractivity contribution in [2.45, 2.75) is 56.1 Å². The number of amides is 1. The Morgan fingerprint density at radius 2 is 1.66 bits per heavy atom. The molecule has 0 saturated carbocycles. The van der Waals surface area contributed by atoms with Gasteiger partial charge >= 0.3 is 0 Å². The fourth-order valence-corrected chi connectivity index (χ4v) is 5.74. The van der Waals surface area contributed by atoms with Gasteiger partial charge in [0.1, 0.15) is 6.04 Å². The summed E-state index contributed by atoms with van der Waals surface area (Å²) in [7, 11) is -3.75. The number of likely N-dealkylation sites (tertiary alicyclic amines) is 2. The molecule has 0 spiro atoms. The lowest BCUT2D eigenvalue weighted by atomic mass is 10.0. The lowest BCUT2D eigenvalue weighted by Crippen LogP contribution is -2.49. The van der Waals surface area contributed by atoms with Gasteiger partial charge in [0.25, 0.3) is 0 Å². The molecule has 0 bridgehead atoms. The molecule has 2 aliphatic rings. The molecule has 29 heavy (non-hydrogen) atoms. The standard InChI is InChI=1S/C22H29N3O3S/c1-16(2)24-12-9-19(10-13-24)25-14-11-21(22(25)26)23-29(27,28)20-8-7-17-5-3-4-6-18(17)15-20/h3-8,15-16,19,21,23H,9-14H2,1-2H3/t21-/m0/s1. The van der Waals surface area contributed by atoms with Gasteiger partial charge in [0, 0.05) is 31.7 Å². The number of nitrogens with one attached hydrogen (secondary N) is 1. The van der Waals surface area contributed by atoms with Crippen LogP contribution in [0.2, 0.25) is 0 Å². The average molecular weight is 416 g/mol. The smallest absolute Gasteiger partial charge is 0.241 e. The predicted octanol–water partition coefficient (Wildman–Crippen LogP) is 2.59. The van der Waals surface area contributed by atoms with E-state index in [1.54, 1.807) is 18.2 Å². The second-order valence-corrected chi connectivity index (χ2v) is 10.1. The Bertz CT molecular complexity index is 997. The molecule has 6 nitrogen and oxygen atoms in total. The molecule has 156 valence electrons. The van der Waals surface area contributed by atoms with Crippen molar-refractivity contribution in [1.82, 2.24) is 14.5 Å². The molecule has 2 saturated heterocycles. The number of nitrogens with zero attached hydrogens (tertiary/aromatic N) is 2. The number of hydrogen-bond acceptors (Lipinski definition) is 4. The van der Waals surface area contributed by atoms with Crippen LogP contribution < -0.4 is 4.72 Å². The summed E-state index contributed by atoms with van der Waals surface area (Å²) in [5, 5.41) is 1.86. The second-order valence-electron chi connectivity index (χ2n) is 8.36. The van der Waals surface area contributed by atoms with Crippen molar-refractivity contribution in [2.24, 2.45) is 0 Å². The minimum atomic E-state index is -3.75. The number of fused-ring (bicyclic) bond motifs is 1. The normalized spacial score (nSPS) is 22.1. The zero-order chi connectivity index (χ0) is 20.6. The summed E-state index contributed by atoms with van der Waals surface area (Å²) in [6.45, 7) is 6.98. The summed E-state index contributed by atoms with van der Waals surface area (Å²) >= 11 is 0. The van der Waals surface area contributed by atoms with Crippen molar-refractivity contribution in [1.29, 1.82) is 0 Å². The molecule has 1 amide bonds. The van der Waals surface area contributed by atoms with Gasteiger partial charge in [-0.15, -0.1) is 0 Å². The molecule has 2 heterocycles. The van der Waals surface area contributed by atoms with Crippen molar-refractivity contribution < 1.29 is 13.2 Å². The fraction of sp³-hybridized carbons (Fsp3) is 0.500. The van der Waals surface area contributed by atoms with Gasteiger partial charge in [0.15, 0.2) is 0 Å². The minimum absolute atomic E-state index is 0.0858. The molecule has 0 aromatic heterocycles. The summed E-state index contributed by atoms with van der Waals surface area (Å²) < 4.78 is 28.4. The Morgan fingerprint density at radius 1 is 0.966 bits per heavy atom. The van der Waals surface area contributed by atoms with Crippen LogP contribution in [0.15, 0.2) is 47.4 Å². The van der Waals surface area contributed by atoms with E-state index in [-0.39, 0.29) is 16.8 Å². The minimum Gasteiger partial charge on any atom is -0.338 e. The van der Waals surface area contributed by atoms with E-state index in [1.165, 1.54) is 0 Å². The van der Waals surface area contributed by atoms with Gasteiger partial charge in [-0.05, 0) is 56.0 Å². The monoisotopic (exact) mass is 415 g/mol. The first kappa shape index (κ1) is 20.3. The maximum Gasteiger partial charge on any atom is 0.241 e. The maximum atomic E-state index is 12.9. The SMILES string of the molecule is CC(C)N1CCC(N2CC[C@H](NS(=O)(=O)c3ccc4ccccc4c3)C2=O)CC1. The summed E-state index contributed by atoms with van der Waals surface area (Å²) in [6, 6.07) is 12.8. The molecule has 7 heteroatoms. The summed E-state index contributed by atoms with van der Waals surface area (Å²) in [6.07, 6.45) is 2.43. The van der Waals surface area contributed by atoms with Crippen LogP contribution in [-0.4, -0.2) is 61.9 Å². The number of hydrogen-bond donors (Lipinski definition) is 1. The number of piperidine rings is 1. The van der Waals surface area contributed by atoms with Gasteiger partial charge in [0.2, 0.25) is 15.9 Å². The Hall–Kier alpha value is -1.96. The Labute approximate surface area is 172 Å². The van der Waals surface area contributed by atoms with Crippen molar-refractivity contribution in [3.8, 4) is 0 Å². The molecular weight excluding hydrogens is 386 g/mol. The molecule has 2 aromatic carbocycles. The number of benzene rings is 2. The van der Waals surface area contributed by atoms with E-state index in [4.69, 9.17) is 0 Å². The predicted molar refractivity (Wildman–Crippen MR) is 114 cm³/mol. The van der Waals surface area contributed by atoms with E-state index in [2.05, 4.69) is 23.5 Å². The summed E-state index contributed by atoms with van der Waals surface area (Å²) in [5.41, 5.74) is 0. The summed E-state index contributed by atoms with van der Waals surface area (Å²) in [4.78, 5) is 17.5. The van der Waals surface area contributed by atoms with Crippen LogP contribution >= 0.6 is 0 Å².